The first-order valence-corrected chi connectivity index (χ1v) is 12.1. The second kappa shape index (κ2) is 9.82. The molecule has 1 aliphatic rings. The van der Waals surface area contributed by atoms with Crippen molar-refractivity contribution in [3.63, 3.8) is 0 Å². The van der Waals surface area contributed by atoms with Crippen LogP contribution in [0.15, 0.2) is 66.7 Å². The number of carbonyl (C=O) groups is 1. The number of imidazole rings is 1. The van der Waals surface area contributed by atoms with Gasteiger partial charge in [0.2, 0.25) is 5.91 Å². The summed E-state index contributed by atoms with van der Waals surface area (Å²) in [6.07, 6.45) is 0.470. The zero-order chi connectivity index (χ0) is 24.4. The van der Waals surface area contributed by atoms with Crippen molar-refractivity contribution in [1.82, 2.24) is 14.5 Å². The van der Waals surface area contributed by atoms with Crippen LogP contribution in [-0.2, 0) is 17.9 Å². The van der Waals surface area contributed by atoms with Crippen molar-refractivity contribution in [3.05, 3.63) is 89.2 Å². The topological polar surface area (TPSA) is 56.6 Å². The summed E-state index contributed by atoms with van der Waals surface area (Å²) in [6.45, 7) is 6.64. The van der Waals surface area contributed by atoms with Crippen LogP contribution in [-0.4, -0.2) is 40.6 Å². The van der Waals surface area contributed by atoms with Gasteiger partial charge in [-0.2, -0.15) is 0 Å². The molecule has 3 aromatic carbocycles. The number of carbonyl (C=O) groups excluding carboxylic acids is 1. The molecule has 1 aliphatic heterocycles. The van der Waals surface area contributed by atoms with Gasteiger partial charge in [-0.15, -0.1) is 0 Å². The van der Waals surface area contributed by atoms with Gasteiger partial charge < -0.3 is 18.9 Å². The van der Waals surface area contributed by atoms with E-state index in [2.05, 4.69) is 30.5 Å². The number of aromatic nitrogens is 2. The predicted octanol–water partition coefficient (Wildman–Crippen LogP) is 5.26. The highest BCUT2D eigenvalue weighted by Crippen LogP contribution is 2.31. The van der Waals surface area contributed by atoms with Crippen LogP contribution in [0.1, 0.15) is 34.9 Å². The molecule has 6 nitrogen and oxygen atoms in total. The molecule has 0 saturated carbocycles. The van der Waals surface area contributed by atoms with Crippen LogP contribution in [0.25, 0.3) is 11.0 Å². The average Bonchev–Trinajstić information content (AvgIpc) is 3.42. The van der Waals surface area contributed by atoms with Crippen LogP contribution in [0.4, 0.5) is 0 Å². The molecule has 0 aliphatic carbocycles. The second-order valence-electron chi connectivity index (χ2n) is 9.18. The van der Waals surface area contributed by atoms with E-state index in [1.807, 2.05) is 59.5 Å². The van der Waals surface area contributed by atoms with E-state index in [9.17, 15) is 4.79 Å². The Balaban J connectivity index is 1.34. The molecule has 1 unspecified atom stereocenters. The van der Waals surface area contributed by atoms with Gasteiger partial charge in [0, 0.05) is 25.4 Å². The number of hydrogen-bond donors (Lipinski definition) is 0. The molecular weight excluding hydrogens is 438 g/mol. The third-order valence-electron chi connectivity index (χ3n) is 6.92. The zero-order valence-electron chi connectivity index (χ0n) is 20.5. The van der Waals surface area contributed by atoms with E-state index in [-0.39, 0.29) is 11.8 Å². The van der Waals surface area contributed by atoms with Crippen LogP contribution in [0.3, 0.4) is 0 Å². The number of para-hydroxylation sites is 2. The van der Waals surface area contributed by atoms with Gasteiger partial charge in [-0.05, 0) is 60.9 Å². The number of benzene rings is 3. The summed E-state index contributed by atoms with van der Waals surface area (Å²) in [4.78, 5) is 19.8. The number of amides is 1. The molecule has 1 atom stereocenters. The minimum atomic E-state index is 0.0499. The molecule has 0 bridgehead atoms. The molecule has 0 radical (unpaired) electrons. The van der Waals surface area contributed by atoms with Crippen molar-refractivity contribution in [3.8, 4) is 11.5 Å². The minimum absolute atomic E-state index is 0.0499. The van der Waals surface area contributed by atoms with Crippen LogP contribution < -0.4 is 9.47 Å². The molecule has 0 N–H and O–H groups in total. The third kappa shape index (κ3) is 4.74. The first-order valence-electron chi connectivity index (χ1n) is 12.1. The number of rotatable bonds is 8. The van der Waals surface area contributed by atoms with Crippen molar-refractivity contribution in [2.45, 2.75) is 39.3 Å². The molecule has 2 heterocycles. The van der Waals surface area contributed by atoms with Crippen molar-refractivity contribution >= 4 is 16.9 Å². The number of likely N-dealkylation sites (tertiary alicyclic amines) is 1. The first-order chi connectivity index (χ1) is 17.0. The highest BCUT2D eigenvalue weighted by atomic mass is 16.5. The zero-order valence-corrected chi connectivity index (χ0v) is 20.5. The summed E-state index contributed by atoms with van der Waals surface area (Å²) in [5.41, 5.74) is 5.51. The fourth-order valence-corrected chi connectivity index (χ4v) is 4.82. The second-order valence-corrected chi connectivity index (χ2v) is 9.18. The molecule has 6 heteroatoms. The van der Waals surface area contributed by atoms with E-state index in [1.165, 1.54) is 11.1 Å². The smallest absolute Gasteiger partial charge is 0.223 e. The van der Waals surface area contributed by atoms with Crippen molar-refractivity contribution in [2.24, 2.45) is 0 Å². The Kier molecular flexibility index (Phi) is 6.45. The third-order valence-corrected chi connectivity index (χ3v) is 6.92. The fraction of sp³-hybridized carbons (Fsp3) is 0.310. The van der Waals surface area contributed by atoms with Crippen LogP contribution in [0.2, 0.25) is 0 Å². The number of ether oxygens (including phenoxy) is 2. The largest absolute Gasteiger partial charge is 0.497 e. The lowest BCUT2D eigenvalue weighted by Crippen LogP contribution is -2.24. The maximum atomic E-state index is 12.9. The highest BCUT2D eigenvalue weighted by molar-refractivity contribution is 5.81. The maximum absolute atomic E-state index is 12.9. The molecule has 1 fully saturated rings. The van der Waals surface area contributed by atoms with E-state index >= 15 is 0 Å². The summed E-state index contributed by atoms with van der Waals surface area (Å²) >= 11 is 0. The number of hydrogen-bond acceptors (Lipinski definition) is 4. The number of nitrogens with zero attached hydrogens (tertiary/aromatic N) is 3. The van der Waals surface area contributed by atoms with Gasteiger partial charge in [0.05, 0.1) is 24.7 Å². The standard InChI is InChI=1S/C29H31N3O3/c1-20-7-6-10-27(21(20)2)35-16-15-32-26-9-5-4-8-25(26)30-29(32)23-17-28(33)31(19-23)18-22-11-13-24(34-3)14-12-22/h4-14,23H,15-19H2,1-3H3. The van der Waals surface area contributed by atoms with Gasteiger partial charge in [-0.25, -0.2) is 4.98 Å². The van der Waals surface area contributed by atoms with Crippen molar-refractivity contribution in [1.29, 1.82) is 0 Å². The SMILES string of the molecule is COc1ccc(CN2CC(c3nc4ccccc4n3CCOc3cccc(C)c3C)CC2=O)cc1. The Morgan fingerprint density at radius 3 is 2.60 bits per heavy atom. The Morgan fingerprint density at radius 2 is 1.80 bits per heavy atom. The quantitative estimate of drug-likeness (QED) is 0.353. The van der Waals surface area contributed by atoms with E-state index in [0.29, 0.717) is 32.7 Å². The average molecular weight is 470 g/mol. The summed E-state index contributed by atoms with van der Waals surface area (Å²) in [6, 6.07) is 22.2. The Hall–Kier alpha value is -3.80. The summed E-state index contributed by atoms with van der Waals surface area (Å²) in [5, 5.41) is 0. The van der Waals surface area contributed by atoms with Crippen molar-refractivity contribution in [2.75, 3.05) is 20.3 Å². The van der Waals surface area contributed by atoms with Crippen molar-refractivity contribution < 1.29 is 14.3 Å². The predicted molar refractivity (Wildman–Crippen MR) is 137 cm³/mol. The van der Waals surface area contributed by atoms with E-state index in [4.69, 9.17) is 14.5 Å². The van der Waals surface area contributed by atoms with Gasteiger partial charge in [-0.1, -0.05) is 36.4 Å². The maximum Gasteiger partial charge on any atom is 0.223 e. The summed E-state index contributed by atoms with van der Waals surface area (Å²) < 4.78 is 13.6. The summed E-state index contributed by atoms with van der Waals surface area (Å²) in [5.74, 6) is 2.90. The molecule has 1 aromatic heterocycles. The van der Waals surface area contributed by atoms with Crippen LogP contribution >= 0.6 is 0 Å². The molecule has 4 aromatic rings. The van der Waals surface area contributed by atoms with Gasteiger partial charge in [0.1, 0.15) is 23.9 Å². The number of aryl methyl sites for hydroxylation is 1. The molecule has 180 valence electrons. The lowest BCUT2D eigenvalue weighted by molar-refractivity contribution is -0.128. The first kappa shape index (κ1) is 23.0. The number of fused-ring (bicyclic) bond motifs is 1. The summed E-state index contributed by atoms with van der Waals surface area (Å²) in [7, 11) is 1.66. The van der Waals surface area contributed by atoms with Gasteiger partial charge >= 0.3 is 0 Å². The lowest BCUT2D eigenvalue weighted by Gasteiger charge is -2.18. The van der Waals surface area contributed by atoms with E-state index < -0.39 is 0 Å². The highest BCUT2D eigenvalue weighted by Gasteiger charge is 2.34. The van der Waals surface area contributed by atoms with Crippen LogP contribution in [0, 0.1) is 13.8 Å². The Morgan fingerprint density at radius 1 is 1.00 bits per heavy atom. The molecule has 5 rings (SSSR count). The lowest BCUT2D eigenvalue weighted by atomic mass is 10.1. The fourth-order valence-electron chi connectivity index (χ4n) is 4.82. The Bertz CT molecular complexity index is 1340. The van der Waals surface area contributed by atoms with E-state index in [0.717, 1.165) is 33.9 Å². The molecule has 1 saturated heterocycles. The van der Waals surface area contributed by atoms with Gasteiger partial charge in [0.15, 0.2) is 0 Å². The Labute approximate surface area is 206 Å². The molecule has 1 amide bonds. The minimum Gasteiger partial charge on any atom is -0.497 e. The molecular formula is C29H31N3O3. The molecule has 0 spiro atoms. The van der Waals surface area contributed by atoms with Gasteiger partial charge in [0.25, 0.3) is 0 Å². The van der Waals surface area contributed by atoms with Crippen LogP contribution in [0.5, 0.6) is 11.5 Å². The van der Waals surface area contributed by atoms with E-state index in [1.54, 1.807) is 7.11 Å². The normalized spacial score (nSPS) is 15.7. The van der Waals surface area contributed by atoms with Gasteiger partial charge in [-0.3, -0.25) is 4.79 Å². The molecule has 35 heavy (non-hydrogen) atoms. The monoisotopic (exact) mass is 469 g/mol. The number of methoxy groups -OCH3 is 1.